The van der Waals surface area contributed by atoms with Gasteiger partial charge in [-0.15, -0.1) is 0 Å². The highest BCUT2D eigenvalue weighted by Crippen LogP contribution is 2.17. The monoisotopic (exact) mass is 793 g/mol. The fraction of sp³-hybridized carbons (Fsp3) is 0.940. The van der Waals surface area contributed by atoms with Gasteiger partial charge in [-0.3, -0.25) is 14.4 Å². The molecule has 0 aromatic heterocycles. The van der Waals surface area contributed by atoms with E-state index < -0.39 is 6.10 Å². The number of ether oxygens (including phenoxy) is 3. The van der Waals surface area contributed by atoms with Gasteiger partial charge in [0, 0.05) is 19.3 Å². The summed E-state index contributed by atoms with van der Waals surface area (Å²) < 4.78 is 16.7. The first-order valence-electron chi connectivity index (χ1n) is 24.9. The van der Waals surface area contributed by atoms with Gasteiger partial charge < -0.3 is 14.2 Å². The van der Waals surface area contributed by atoms with Gasteiger partial charge >= 0.3 is 17.9 Å². The second-order valence-corrected chi connectivity index (χ2v) is 17.6. The summed E-state index contributed by atoms with van der Waals surface area (Å²) in [5.41, 5.74) is 0. The van der Waals surface area contributed by atoms with Crippen molar-refractivity contribution in [3.05, 3.63) is 0 Å². The molecule has 0 radical (unpaired) electrons. The molecule has 0 fully saturated rings. The molecular weight excluding hydrogens is 697 g/mol. The van der Waals surface area contributed by atoms with E-state index >= 15 is 0 Å². The van der Waals surface area contributed by atoms with Crippen LogP contribution in [-0.2, 0) is 28.6 Å². The van der Waals surface area contributed by atoms with Gasteiger partial charge in [0.15, 0.2) is 6.10 Å². The first-order valence-corrected chi connectivity index (χ1v) is 24.9. The van der Waals surface area contributed by atoms with Crippen molar-refractivity contribution < 1.29 is 28.6 Å². The largest absolute Gasteiger partial charge is 0.462 e. The molecule has 0 aromatic rings. The Balaban J connectivity index is 4.12. The molecule has 0 spiro atoms. The first-order chi connectivity index (χ1) is 27.4. The Hall–Kier alpha value is -1.59. The highest BCUT2D eigenvalue weighted by atomic mass is 16.6. The molecule has 0 unspecified atom stereocenters. The van der Waals surface area contributed by atoms with Crippen molar-refractivity contribution in [2.75, 3.05) is 13.2 Å². The lowest BCUT2D eigenvalue weighted by molar-refractivity contribution is -0.167. The maximum absolute atomic E-state index is 12.7. The molecule has 0 rings (SSSR count). The van der Waals surface area contributed by atoms with Crippen molar-refractivity contribution in [3.63, 3.8) is 0 Å². The lowest BCUT2D eigenvalue weighted by Crippen LogP contribution is -2.30. The number of hydrogen-bond donors (Lipinski definition) is 0. The Kier molecular flexibility index (Phi) is 43.2. The van der Waals surface area contributed by atoms with Gasteiger partial charge in [-0.05, 0) is 25.2 Å². The molecular formula is C50H96O6. The van der Waals surface area contributed by atoms with Crippen LogP contribution in [0.3, 0.4) is 0 Å². The summed E-state index contributed by atoms with van der Waals surface area (Å²) in [6.07, 6.45) is 45.5. The SMILES string of the molecule is CCCCCCCCCCCCCCCCCCCC(=O)OC[C@@H](COC(=O)CCCCCCC)OC(=O)CCCCCCCCCCCCCCCC(C)C. The van der Waals surface area contributed by atoms with Crippen molar-refractivity contribution in [2.45, 2.75) is 284 Å². The van der Waals surface area contributed by atoms with E-state index in [0.717, 1.165) is 70.1 Å². The van der Waals surface area contributed by atoms with E-state index in [1.807, 2.05) is 0 Å². The molecule has 6 nitrogen and oxygen atoms in total. The molecule has 0 heterocycles. The van der Waals surface area contributed by atoms with Crippen LogP contribution in [0, 0.1) is 5.92 Å². The summed E-state index contributed by atoms with van der Waals surface area (Å²) in [5.74, 6) is -0.0235. The fourth-order valence-electron chi connectivity index (χ4n) is 7.51. The Bertz CT molecular complexity index is 841. The zero-order valence-electron chi connectivity index (χ0n) is 38.1. The van der Waals surface area contributed by atoms with Crippen LogP contribution in [0.2, 0.25) is 0 Å². The topological polar surface area (TPSA) is 78.9 Å². The minimum Gasteiger partial charge on any atom is -0.462 e. The second kappa shape index (κ2) is 44.5. The smallest absolute Gasteiger partial charge is 0.306 e. The highest BCUT2D eigenvalue weighted by Gasteiger charge is 2.19. The Morgan fingerprint density at radius 2 is 0.589 bits per heavy atom. The van der Waals surface area contributed by atoms with E-state index in [1.54, 1.807) is 0 Å². The molecule has 0 aliphatic heterocycles. The Morgan fingerprint density at radius 3 is 0.875 bits per heavy atom. The van der Waals surface area contributed by atoms with Crippen molar-refractivity contribution in [3.8, 4) is 0 Å². The Morgan fingerprint density at radius 1 is 0.339 bits per heavy atom. The summed E-state index contributed by atoms with van der Waals surface area (Å²) >= 11 is 0. The molecule has 56 heavy (non-hydrogen) atoms. The molecule has 332 valence electrons. The van der Waals surface area contributed by atoms with Gasteiger partial charge in [-0.25, -0.2) is 0 Å². The van der Waals surface area contributed by atoms with Crippen molar-refractivity contribution in [1.82, 2.24) is 0 Å². The van der Waals surface area contributed by atoms with Crippen LogP contribution in [0.25, 0.3) is 0 Å². The third-order valence-corrected chi connectivity index (χ3v) is 11.3. The number of esters is 3. The average molecular weight is 793 g/mol. The average Bonchev–Trinajstić information content (AvgIpc) is 3.18. The zero-order valence-corrected chi connectivity index (χ0v) is 38.1. The van der Waals surface area contributed by atoms with E-state index in [1.165, 1.54) is 167 Å². The summed E-state index contributed by atoms with van der Waals surface area (Å²) in [6.45, 7) is 8.95. The lowest BCUT2D eigenvalue weighted by atomic mass is 10.0. The van der Waals surface area contributed by atoms with Crippen LogP contribution >= 0.6 is 0 Å². The molecule has 1 atom stereocenters. The molecule has 0 bridgehead atoms. The predicted octanol–water partition coefficient (Wildman–Crippen LogP) is 15.9. The van der Waals surface area contributed by atoms with Crippen molar-refractivity contribution in [1.29, 1.82) is 0 Å². The summed E-state index contributed by atoms with van der Waals surface area (Å²) in [5, 5.41) is 0. The van der Waals surface area contributed by atoms with Crippen molar-refractivity contribution >= 4 is 17.9 Å². The van der Waals surface area contributed by atoms with Crippen LogP contribution in [0.5, 0.6) is 0 Å². The third-order valence-electron chi connectivity index (χ3n) is 11.3. The molecule has 6 heteroatoms. The zero-order chi connectivity index (χ0) is 41.0. The van der Waals surface area contributed by atoms with Crippen LogP contribution in [-0.4, -0.2) is 37.2 Å². The normalized spacial score (nSPS) is 11.9. The van der Waals surface area contributed by atoms with E-state index in [-0.39, 0.29) is 31.1 Å². The van der Waals surface area contributed by atoms with Crippen LogP contribution < -0.4 is 0 Å². The van der Waals surface area contributed by atoms with Gasteiger partial charge in [-0.2, -0.15) is 0 Å². The highest BCUT2D eigenvalue weighted by molar-refractivity contribution is 5.71. The maximum atomic E-state index is 12.7. The van der Waals surface area contributed by atoms with Gasteiger partial charge in [0.25, 0.3) is 0 Å². The minimum atomic E-state index is -0.758. The fourth-order valence-corrected chi connectivity index (χ4v) is 7.51. The lowest BCUT2D eigenvalue weighted by Gasteiger charge is -2.18. The second-order valence-electron chi connectivity index (χ2n) is 17.6. The standard InChI is InChI=1S/C50H96O6/c1-5-7-9-11-12-13-14-15-16-17-18-21-24-27-30-34-38-42-49(52)55-45-47(44-54-48(51)41-37-32-10-8-6-2)56-50(53)43-39-35-31-28-25-22-19-20-23-26-29-33-36-40-46(3)4/h46-47H,5-45H2,1-4H3/t47-/m1/s1. The molecule has 0 amide bonds. The van der Waals surface area contributed by atoms with Crippen molar-refractivity contribution in [2.24, 2.45) is 5.92 Å². The number of carbonyl (C=O) groups excluding carboxylic acids is 3. The molecule has 0 saturated heterocycles. The number of hydrogen-bond acceptors (Lipinski definition) is 6. The number of carbonyl (C=O) groups is 3. The van der Waals surface area contributed by atoms with Gasteiger partial charge in [-0.1, -0.05) is 240 Å². The van der Waals surface area contributed by atoms with E-state index in [2.05, 4.69) is 27.7 Å². The van der Waals surface area contributed by atoms with Crippen LogP contribution in [0.15, 0.2) is 0 Å². The summed E-state index contributed by atoms with van der Waals surface area (Å²) in [7, 11) is 0. The molecule has 0 saturated carbocycles. The van der Waals surface area contributed by atoms with Crippen LogP contribution in [0.1, 0.15) is 278 Å². The summed E-state index contributed by atoms with van der Waals surface area (Å²) in [6, 6.07) is 0. The quantitative estimate of drug-likeness (QED) is 0.0347. The van der Waals surface area contributed by atoms with Crippen LogP contribution in [0.4, 0.5) is 0 Å². The third kappa shape index (κ3) is 43.5. The molecule has 0 aliphatic carbocycles. The van der Waals surface area contributed by atoms with E-state index in [0.29, 0.717) is 19.3 Å². The Labute approximate surface area is 348 Å². The van der Waals surface area contributed by atoms with Gasteiger partial charge in [0.1, 0.15) is 13.2 Å². The first kappa shape index (κ1) is 54.4. The number of unbranched alkanes of at least 4 members (excludes halogenated alkanes) is 32. The van der Waals surface area contributed by atoms with E-state index in [9.17, 15) is 14.4 Å². The van der Waals surface area contributed by atoms with E-state index in [4.69, 9.17) is 14.2 Å². The molecule has 0 aromatic carbocycles. The maximum Gasteiger partial charge on any atom is 0.306 e. The summed E-state index contributed by atoms with van der Waals surface area (Å²) in [4.78, 5) is 37.6. The number of rotatable bonds is 45. The van der Waals surface area contributed by atoms with Gasteiger partial charge in [0.05, 0.1) is 0 Å². The molecule has 0 aliphatic rings. The van der Waals surface area contributed by atoms with Gasteiger partial charge in [0.2, 0.25) is 0 Å². The minimum absolute atomic E-state index is 0.0640. The molecule has 0 N–H and O–H groups in total. The predicted molar refractivity (Wildman–Crippen MR) is 238 cm³/mol.